The van der Waals surface area contributed by atoms with E-state index in [4.69, 9.17) is 25.0 Å². The molecular weight excluding hydrogens is 1720 g/mol. The van der Waals surface area contributed by atoms with Crippen LogP contribution in [0.3, 0.4) is 0 Å². The number of pyridine rings is 8. The van der Waals surface area contributed by atoms with Crippen LogP contribution in [0.2, 0.25) is 0 Å². The largest absolute Gasteiger partial charge is 0.496 e. The number of anilines is 13. The third-order valence-corrected chi connectivity index (χ3v) is 24.7. The highest BCUT2D eigenvalue weighted by molar-refractivity contribution is 6.10. The van der Waals surface area contributed by atoms with E-state index in [1.165, 1.54) is 19.2 Å². The van der Waals surface area contributed by atoms with Crippen molar-refractivity contribution in [3.05, 3.63) is 248 Å². The average Bonchev–Trinajstić information content (AvgIpc) is 1.66. The number of hydrogen-bond donors (Lipinski definition) is 6. The first kappa shape index (κ1) is 84.8. The number of nitrogens with two attached hydrogens (primary N) is 1. The average molecular weight is 1800 g/mol. The number of carbonyl (C=O) groups is 4. The highest BCUT2D eigenvalue weighted by Crippen LogP contribution is 2.47. The summed E-state index contributed by atoms with van der Waals surface area (Å²) in [5.74, 6) is 4.67. The Hall–Kier alpha value is -16.3. The predicted molar refractivity (Wildman–Crippen MR) is 494 cm³/mol. The van der Waals surface area contributed by atoms with Crippen molar-refractivity contribution < 1.29 is 54.8 Å². The van der Waals surface area contributed by atoms with Gasteiger partial charge < -0.3 is 39.6 Å². The third-order valence-electron chi connectivity index (χ3n) is 24.7. The van der Waals surface area contributed by atoms with Gasteiger partial charge in [0.15, 0.2) is 34.7 Å². The molecule has 8 amide bonds. The number of carbonyl (C=O) groups excluding carboxylic acids is 4. The summed E-state index contributed by atoms with van der Waals surface area (Å²) >= 11 is 0. The third kappa shape index (κ3) is 16.9. The number of hydrogen-bond acceptors (Lipinski definition) is 22. The van der Waals surface area contributed by atoms with Crippen LogP contribution < -0.4 is 70.9 Å². The Morgan fingerprint density at radius 2 is 0.947 bits per heavy atom. The standard InChI is InChI=1S/C26H26N8O.C25H20F3N5O3.C24H19F3N6O.C20H19N7O/c1-16-12-19(7-9-27-16)22-4-5-23-25(29-22)34(20-8-11-33(23)14-20)26(35)30-24-13-18(6-10-28-24)21-15-32(3)31-17(21)2;1-35-19-6-3-7-20-21(19)22(31-36-20)30-24(34)33-16-10-11-32(13-16)18-9-8-17(29-23(18)33)14-4-2-5-15(12-14)25(26,27)28;25-24(26,27)15-5-3-4-14(12-15)17-8-9-20-21(28-17)33(16-10-11-32(20)13-16)23(34)31-22-29-18-6-1-2-7-19(18)30-22;21-17-7-4-13(11-23-17)15-5-6-16-19(24-15)27(14-8-10-26(16)12-14)20(28)25-18-3-1-2-9-22-18/h4-7,9-10,12-13,15,20H,8,11,14H2,1-3H3,(H,28,30,35);2-9,12,16H,10-11,13H2,1H3,(H,30,31,34);1-9,12,16H,10-11,13H2,(H2,29,30,31,34);1-7,9,11,14H,8,10,12H2,(H2,21,23)(H,22,25,28)/t20-;2*16-;14-/m0000/s1. The molecule has 4 aromatic carbocycles. The van der Waals surface area contributed by atoms with E-state index in [1.807, 2.05) is 118 Å². The molecule has 8 bridgehead atoms. The zero-order chi connectivity index (χ0) is 91.7. The van der Waals surface area contributed by atoms with Gasteiger partial charge in [0, 0.05) is 124 Å². The van der Waals surface area contributed by atoms with E-state index < -0.39 is 29.5 Å². The molecule has 38 heteroatoms. The number of rotatable bonds is 10. The van der Waals surface area contributed by atoms with Gasteiger partial charge in [0.25, 0.3) is 0 Å². The van der Waals surface area contributed by atoms with E-state index >= 15 is 0 Å². The molecule has 11 aromatic heterocycles. The number of imidazole rings is 1. The predicted octanol–water partition coefficient (Wildman–Crippen LogP) is 17.8. The van der Waals surface area contributed by atoms with Gasteiger partial charge in [-0.25, -0.2) is 59.0 Å². The summed E-state index contributed by atoms with van der Waals surface area (Å²) in [6, 6.07) is 53.2. The first-order valence-electron chi connectivity index (χ1n) is 43.0. The minimum Gasteiger partial charge on any atom is -0.496 e. The van der Waals surface area contributed by atoms with Gasteiger partial charge in [-0.3, -0.25) is 50.5 Å². The number of ether oxygens (including phenoxy) is 1. The number of amides is 8. The minimum absolute atomic E-state index is 0.0631. The molecule has 672 valence electrons. The second kappa shape index (κ2) is 34.6. The molecule has 0 radical (unpaired) electrons. The Labute approximate surface area is 755 Å². The van der Waals surface area contributed by atoms with Crippen molar-refractivity contribution in [2.75, 3.05) is 126 Å². The molecule has 0 spiro atoms. The molecule has 4 atom stereocenters. The van der Waals surface area contributed by atoms with E-state index in [1.54, 1.807) is 110 Å². The van der Waals surface area contributed by atoms with Crippen LogP contribution in [-0.2, 0) is 19.4 Å². The van der Waals surface area contributed by atoms with Crippen LogP contribution in [-0.4, -0.2) is 173 Å². The lowest BCUT2D eigenvalue weighted by molar-refractivity contribution is -0.138. The number of alkyl halides is 6. The minimum atomic E-state index is -4.47. The number of aromatic nitrogens is 13. The Bertz CT molecular complexity index is 6990. The fraction of sp³-hybridized carbons (Fsp3) is 0.232. The molecule has 0 aliphatic carbocycles. The number of aryl methyl sites for hydroxylation is 3. The Balaban J connectivity index is 0.000000111. The van der Waals surface area contributed by atoms with Crippen molar-refractivity contribution in [3.63, 3.8) is 0 Å². The SMILES string of the molecule is COc1cccc2onc(NC(=O)N3c4nc(-c5cccc(C(F)(F)F)c5)ccc4N4CC[C@H]3C4)c12.Cc1cc(-c2ccc3c(n2)N(C(=O)Nc2cc(-c4cn(C)nc4C)ccn2)[C@H]2CCN3C2)ccn1.Nc1ccc(-c2ccc3c(n2)N(C(=O)Nc2ccccn2)[C@H]2CCN3C2)cn1.O=C(Nc1nc2ccccc2[nH]1)N1c2nc(-c3cccc(C(F)(F)F)c3)ccc2N2CC[C@H]1C2. The van der Waals surface area contributed by atoms with Crippen molar-refractivity contribution in [3.8, 4) is 61.9 Å². The molecular formula is C95H84F6N26O6. The smallest absolute Gasteiger partial charge is 0.416 e. The van der Waals surface area contributed by atoms with Gasteiger partial charge >= 0.3 is 36.5 Å². The number of aromatic amines is 1. The first-order chi connectivity index (χ1) is 64.3. The van der Waals surface area contributed by atoms with Crippen LogP contribution in [0.15, 0.2) is 230 Å². The molecule has 0 saturated carbocycles. The number of fused-ring (bicyclic) bond motifs is 18. The normalized spacial score (nSPS) is 16.9. The van der Waals surface area contributed by atoms with Crippen molar-refractivity contribution in [2.24, 2.45) is 7.05 Å². The topological polar surface area (TPSA) is 353 Å². The lowest BCUT2D eigenvalue weighted by Gasteiger charge is -2.35. The van der Waals surface area contributed by atoms with E-state index in [0.29, 0.717) is 99.0 Å². The molecule has 19 heterocycles. The van der Waals surface area contributed by atoms with Crippen molar-refractivity contribution in [2.45, 2.75) is 76.1 Å². The Morgan fingerprint density at radius 1 is 0.466 bits per heavy atom. The zero-order valence-electron chi connectivity index (χ0n) is 71.9. The highest BCUT2D eigenvalue weighted by atomic mass is 19.4. The Kier molecular flexibility index (Phi) is 22.1. The summed E-state index contributed by atoms with van der Waals surface area (Å²) in [7, 11) is 3.41. The summed E-state index contributed by atoms with van der Waals surface area (Å²) in [5.41, 5.74) is 18.3. The van der Waals surface area contributed by atoms with E-state index in [0.717, 1.165) is 168 Å². The summed E-state index contributed by atoms with van der Waals surface area (Å²) in [6.45, 7) is 10.2. The summed E-state index contributed by atoms with van der Waals surface area (Å²) in [6.07, 6.45) is 3.19. The highest BCUT2D eigenvalue weighted by Gasteiger charge is 2.46. The van der Waals surface area contributed by atoms with Gasteiger partial charge in [0.1, 0.15) is 28.6 Å². The van der Waals surface area contributed by atoms with Crippen LogP contribution in [0.4, 0.5) is 121 Å². The van der Waals surface area contributed by atoms with E-state index in [2.05, 4.69) is 97.1 Å². The fourth-order valence-electron chi connectivity index (χ4n) is 18.4. The van der Waals surface area contributed by atoms with Gasteiger partial charge in [0.05, 0.1) is 105 Å². The molecule has 15 aromatic rings. The van der Waals surface area contributed by atoms with Crippen LogP contribution in [0.1, 0.15) is 48.2 Å². The maximum absolute atomic E-state index is 13.6. The van der Waals surface area contributed by atoms with Crippen LogP contribution in [0.25, 0.3) is 78.2 Å². The molecule has 4 saturated heterocycles. The van der Waals surface area contributed by atoms with Gasteiger partial charge in [-0.15, -0.1) is 0 Å². The van der Waals surface area contributed by atoms with Crippen LogP contribution in [0.5, 0.6) is 5.75 Å². The van der Waals surface area contributed by atoms with Crippen molar-refractivity contribution in [1.29, 1.82) is 0 Å². The monoisotopic (exact) mass is 1800 g/mol. The van der Waals surface area contributed by atoms with Crippen LogP contribution >= 0.6 is 0 Å². The number of benzene rings is 4. The number of para-hydroxylation sites is 2. The zero-order valence-corrected chi connectivity index (χ0v) is 71.9. The lowest BCUT2D eigenvalue weighted by atomic mass is 10.1. The van der Waals surface area contributed by atoms with Gasteiger partial charge in [-0.05, 0) is 191 Å². The van der Waals surface area contributed by atoms with Gasteiger partial charge in [-0.1, -0.05) is 53.7 Å². The van der Waals surface area contributed by atoms with Gasteiger partial charge in [-0.2, -0.15) is 31.4 Å². The molecule has 4 fully saturated rings. The molecule has 0 unspecified atom stereocenters. The lowest BCUT2D eigenvalue weighted by Crippen LogP contribution is -2.48. The van der Waals surface area contributed by atoms with Crippen LogP contribution in [0, 0.1) is 13.8 Å². The number of H-pyrrole nitrogens is 1. The summed E-state index contributed by atoms with van der Waals surface area (Å²) < 4.78 is 92.0. The summed E-state index contributed by atoms with van der Waals surface area (Å²) in [5, 5.41) is 20.5. The first-order valence-corrected chi connectivity index (χ1v) is 43.0. The number of nitrogen functional groups attached to an aromatic ring is 1. The maximum atomic E-state index is 13.6. The number of halogens is 6. The summed E-state index contributed by atoms with van der Waals surface area (Å²) in [4.78, 5) is 113. The Morgan fingerprint density at radius 3 is 1.44 bits per heavy atom. The molecule has 8 aliphatic heterocycles. The quantitative estimate of drug-likeness (QED) is 0.0693. The van der Waals surface area contributed by atoms with Crippen molar-refractivity contribution >= 4 is 121 Å². The molecule has 133 heavy (non-hydrogen) atoms. The number of nitrogens with one attached hydrogen (secondary N) is 5. The number of methoxy groups -OCH3 is 1. The number of urea groups is 4. The second-order valence-electron chi connectivity index (χ2n) is 33.1. The van der Waals surface area contributed by atoms with E-state index in [9.17, 15) is 45.5 Å². The molecule has 7 N–H and O–H groups in total. The molecule has 8 aliphatic rings. The second-order valence-corrected chi connectivity index (χ2v) is 33.1. The fourth-order valence-corrected chi connectivity index (χ4v) is 18.4. The number of nitrogens with zero attached hydrogens (tertiary/aromatic N) is 20. The molecule has 23 rings (SSSR count). The maximum Gasteiger partial charge on any atom is 0.416 e. The van der Waals surface area contributed by atoms with E-state index in [-0.39, 0.29) is 48.1 Å². The van der Waals surface area contributed by atoms with Crippen molar-refractivity contribution in [1.82, 2.24) is 64.8 Å². The van der Waals surface area contributed by atoms with Gasteiger partial charge in [0.2, 0.25) is 5.95 Å². The molecule has 32 nitrogen and oxygen atoms in total.